The Bertz CT molecular complexity index is 1490. The summed E-state index contributed by atoms with van der Waals surface area (Å²) in [5.74, 6) is -0.287. The second-order valence-electron chi connectivity index (χ2n) is 8.88. The van der Waals surface area contributed by atoms with Crippen molar-refractivity contribution in [1.82, 2.24) is 14.9 Å². The highest BCUT2D eigenvalue weighted by atomic mass is 35.5. The summed E-state index contributed by atoms with van der Waals surface area (Å²) in [4.78, 5) is 18.7. The van der Waals surface area contributed by atoms with Gasteiger partial charge in [0.25, 0.3) is 0 Å². The number of methoxy groups -OCH3 is 1. The van der Waals surface area contributed by atoms with Gasteiger partial charge in [0.1, 0.15) is 12.6 Å². The monoisotopic (exact) mass is 565 g/mol. The van der Waals surface area contributed by atoms with Crippen molar-refractivity contribution in [2.24, 2.45) is 0 Å². The van der Waals surface area contributed by atoms with Gasteiger partial charge in [0, 0.05) is 41.6 Å². The molecule has 0 aliphatic carbocycles. The van der Waals surface area contributed by atoms with Gasteiger partial charge in [-0.3, -0.25) is 9.78 Å². The van der Waals surface area contributed by atoms with Crippen LogP contribution in [0.1, 0.15) is 29.0 Å². The summed E-state index contributed by atoms with van der Waals surface area (Å²) in [6, 6.07) is 20.8. The number of amides is 1. The molecular weight excluding hydrogens is 541 g/mol. The number of thiocarbonyl (C=S) groups is 1. The Hall–Kier alpha value is -3.43. The molecule has 1 aliphatic rings. The number of nitrogens with zero attached hydrogens (tertiary/aromatic N) is 3. The molecule has 3 heterocycles. The lowest BCUT2D eigenvalue weighted by atomic mass is 10.0. The van der Waals surface area contributed by atoms with Crippen molar-refractivity contribution >= 4 is 57.8 Å². The maximum absolute atomic E-state index is 12.0. The first-order valence-electron chi connectivity index (χ1n) is 11.9. The molecule has 7 nitrogen and oxygen atoms in total. The van der Waals surface area contributed by atoms with Crippen molar-refractivity contribution in [3.8, 4) is 5.69 Å². The van der Waals surface area contributed by atoms with E-state index in [0.29, 0.717) is 20.8 Å². The Balaban J connectivity index is 1.59. The number of ether oxygens (including phenoxy) is 1. The molecule has 2 aromatic carbocycles. The van der Waals surface area contributed by atoms with E-state index in [9.17, 15) is 4.79 Å². The maximum Gasteiger partial charge on any atom is 0.250 e. The zero-order valence-electron chi connectivity index (χ0n) is 20.7. The fraction of sp³-hybridized carbons (Fsp3) is 0.179. The van der Waals surface area contributed by atoms with Crippen LogP contribution in [0.2, 0.25) is 10.0 Å². The molecule has 0 radical (unpaired) electrons. The Kier molecular flexibility index (Phi) is 7.67. The van der Waals surface area contributed by atoms with Gasteiger partial charge < -0.3 is 24.8 Å². The van der Waals surface area contributed by atoms with Gasteiger partial charge in [-0.05, 0) is 85.4 Å². The molecule has 0 bridgehead atoms. The van der Waals surface area contributed by atoms with E-state index >= 15 is 0 Å². The standard InChI is InChI=1S/C28H25Cl2N5O2S/c1-17-14-18(8-10-20(17)29)34-13-5-7-24(34)27-26(23-6-3-4-12-31-23)33-28(38)35(27)19-9-11-22(21(30)15-19)32-25(36)16-37-2/h3-15,26-27H,16H2,1-2H3,(H,32,36)(H,33,38)/t26-,27-/m0/s1. The largest absolute Gasteiger partial charge is 0.375 e. The van der Waals surface area contributed by atoms with Crippen LogP contribution in [0.5, 0.6) is 0 Å². The molecular formula is C28H25Cl2N5O2S. The lowest BCUT2D eigenvalue weighted by molar-refractivity contribution is -0.119. The first kappa shape index (κ1) is 26.2. The number of pyridine rings is 1. The first-order chi connectivity index (χ1) is 18.4. The minimum atomic E-state index is -0.287. The van der Waals surface area contributed by atoms with E-state index in [4.69, 9.17) is 40.2 Å². The summed E-state index contributed by atoms with van der Waals surface area (Å²) >= 11 is 18.8. The highest BCUT2D eigenvalue weighted by Crippen LogP contribution is 2.43. The minimum absolute atomic E-state index is 0.0623. The molecule has 194 valence electrons. The molecule has 1 aliphatic heterocycles. The molecule has 1 saturated heterocycles. The Labute approximate surface area is 236 Å². The number of halogens is 2. The zero-order chi connectivity index (χ0) is 26.8. The van der Waals surface area contributed by atoms with Gasteiger partial charge in [0.05, 0.1) is 22.4 Å². The van der Waals surface area contributed by atoms with E-state index in [0.717, 1.165) is 28.3 Å². The van der Waals surface area contributed by atoms with Crippen molar-refractivity contribution in [2.75, 3.05) is 23.9 Å². The summed E-state index contributed by atoms with van der Waals surface area (Å²) in [6.45, 7) is 1.92. The third-order valence-corrected chi connectivity index (χ3v) is 7.43. The lowest BCUT2D eigenvalue weighted by Crippen LogP contribution is -2.30. The van der Waals surface area contributed by atoms with Gasteiger partial charge in [0.2, 0.25) is 5.91 Å². The topological polar surface area (TPSA) is 71.4 Å². The number of carbonyl (C=O) groups is 1. The Morgan fingerprint density at radius 3 is 2.61 bits per heavy atom. The summed E-state index contributed by atoms with van der Waals surface area (Å²) in [6.07, 6.45) is 3.80. The van der Waals surface area contributed by atoms with Crippen molar-refractivity contribution < 1.29 is 9.53 Å². The Morgan fingerprint density at radius 2 is 1.89 bits per heavy atom. The van der Waals surface area contributed by atoms with Crippen LogP contribution in [0.15, 0.2) is 79.1 Å². The van der Waals surface area contributed by atoms with Crippen LogP contribution in [0.25, 0.3) is 5.69 Å². The molecule has 5 rings (SSSR count). The van der Waals surface area contributed by atoms with Crippen molar-refractivity contribution in [1.29, 1.82) is 0 Å². The smallest absolute Gasteiger partial charge is 0.250 e. The number of benzene rings is 2. The van der Waals surface area contributed by atoms with Crippen LogP contribution in [0.3, 0.4) is 0 Å². The number of anilines is 2. The van der Waals surface area contributed by atoms with Crippen LogP contribution >= 0.6 is 35.4 Å². The SMILES string of the molecule is COCC(=O)Nc1ccc(N2C(=S)N[C@@H](c3ccccn3)[C@@H]2c2cccn2-c2ccc(Cl)c(C)c2)cc1Cl. The van der Waals surface area contributed by atoms with Crippen LogP contribution < -0.4 is 15.5 Å². The molecule has 2 aromatic heterocycles. The molecule has 10 heteroatoms. The van der Waals surface area contributed by atoms with Crippen molar-refractivity contribution in [3.63, 3.8) is 0 Å². The minimum Gasteiger partial charge on any atom is -0.375 e. The molecule has 2 atom stereocenters. The van der Waals surface area contributed by atoms with E-state index < -0.39 is 0 Å². The highest BCUT2D eigenvalue weighted by Gasteiger charge is 2.42. The van der Waals surface area contributed by atoms with Gasteiger partial charge in [-0.1, -0.05) is 29.3 Å². The normalized spacial score (nSPS) is 16.9. The van der Waals surface area contributed by atoms with E-state index in [1.165, 1.54) is 7.11 Å². The zero-order valence-corrected chi connectivity index (χ0v) is 23.0. The van der Waals surface area contributed by atoms with Crippen molar-refractivity contribution in [2.45, 2.75) is 19.0 Å². The fourth-order valence-corrected chi connectivity index (χ4v) is 5.34. The lowest BCUT2D eigenvalue weighted by Gasteiger charge is -2.29. The molecule has 0 spiro atoms. The van der Waals surface area contributed by atoms with E-state index in [2.05, 4.69) is 32.3 Å². The number of rotatable bonds is 7. The molecule has 0 unspecified atom stereocenters. The molecule has 38 heavy (non-hydrogen) atoms. The average Bonchev–Trinajstić information content (AvgIpc) is 3.52. The molecule has 1 amide bonds. The predicted octanol–water partition coefficient (Wildman–Crippen LogP) is 6.25. The van der Waals surface area contributed by atoms with Crippen LogP contribution in [-0.4, -0.2) is 34.3 Å². The third kappa shape index (κ3) is 5.13. The first-order valence-corrected chi connectivity index (χ1v) is 13.1. The molecule has 1 fully saturated rings. The van der Waals surface area contributed by atoms with Gasteiger partial charge in [-0.2, -0.15) is 0 Å². The Morgan fingerprint density at radius 1 is 1.08 bits per heavy atom. The maximum atomic E-state index is 12.0. The summed E-state index contributed by atoms with van der Waals surface area (Å²) in [5, 5.41) is 7.88. The van der Waals surface area contributed by atoms with Gasteiger partial charge in [0.15, 0.2) is 5.11 Å². The van der Waals surface area contributed by atoms with E-state index in [1.54, 1.807) is 18.3 Å². The molecule has 2 N–H and O–H groups in total. The van der Waals surface area contributed by atoms with E-state index in [-0.39, 0.29) is 24.6 Å². The quantitative estimate of drug-likeness (QED) is 0.258. The number of aryl methyl sites for hydroxylation is 1. The number of hydrogen-bond acceptors (Lipinski definition) is 4. The van der Waals surface area contributed by atoms with Gasteiger partial charge >= 0.3 is 0 Å². The summed E-state index contributed by atoms with van der Waals surface area (Å²) < 4.78 is 7.03. The fourth-order valence-electron chi connectivity index (χ4n) is 4.66. The average molecular weight is 567 g/mol. The van der Waals surface area contributed by atoms with Crippen molar-refractivity contribution in [3.05, 3.63) is 106 Å². The van der Waals surface area contributed by atoms with Crippen LogP contribution in [0, 0.1) is 6.92 Å². The second kappa shape index (κ2) is 11.1. The van der Waals surface area contributed by atoms with Gasteiger partial charge in [-0.25, -0.2) is 0 Å². The van der Waals surface area contributed by atoms with E-state index in [1.807, 2.05) is 60.5 Å². The van der Waals surface area contributed by atoms with Gasteiger partial charge in [-0.15, -0.1) is 0 Å². The van der Waals surface area contributed by atoms with Crippen LogP contribution in [-0.2, 0) is 9.53 Å². The number of hydrogen-bond donors (Lipinski definition) is 2. The summed E-state index contributed by atoms with van der Waals surface area (Å²) in [7, 11) is 1.46. The molecule has 0 saturated carbocycles. The third-order valence-electron chi connectivity index (χ3n) is 6.38. The molecule has 4 aromatic rings. The highest BCUT2D eigenvalue weighted by molar-refractivity contribution is 7.80. The second-order valence-corrected chi connectivity index (χ2v) is 10.1. The number of aromatic nitrogens is 2. The van der Waals surface area contributed by atoms with Crippen LogP contribution in [0.4, 0.5) is 11.4 Å². The predicted molar refractivity (Wildman–Crippen MR) is 155 cm³/mol. The number of carbonyl (C=O) groups excluding carboxylic acids is 1. The summed E-state index contributed by atoms with van der Waals surface area (Å²) in [5.41, 5.74) is 5.10. The number of nitrogens with one attached hydrogen (secondary N) is 2.